The molecule has 3 N–H and O–H groups in total. The molecule has 3 heterocycles. The van der Waals surface area contributed by atoms with Crippen LogP contribution in [0.25, 0.3) is 5.65 Å². The van der Waals surface area contributed by atoms with E-state index in [-0.39, 0.29) is 0 Å². The molecule has 90 valence electrons. The lowest BCUT2D eigenvalue weighted by molar-refractivity contribution is 0.406. The first kappa shape index (κ1) is 10.7. The molecule has 2 aromatic heterocycles. The fourth-order valence-corrected chi connectivity index (χ4v) is 2.52. The average molecular weight is 230 g/mol. The third-order valence-electron chi connectivity index (χ3n) is 3.47. The molecule has 1 atom stereocenters. The van der Waals surface area contributed by atoms with E-state index < -0.39 is 0 Å². The van der Waals surface area contributed by atoms with E-state index in [1.54, 1.807) is 0 Å². The van der Waals surface area contributed by atoms with E-state index in [0.29, 0.717) is 12.6 Å². The predicted octanol–water partition coefficient (Wildman–Crippen LogP) is 1.61. The molecular formula is C13H18N4. The van der Waals surface area contributed by atoms with Gasteiger partial charge in [-0.2, -0.15) is 0 Å². The minimum absolute atomic E-state index is 0.411. The van der Waals surface area contributed by atoms with Crippen molar-refractivity contribution in [1.29, 1.82) is 0 Å². The molecule has 4 heteroatoms. The molecule has 2 aromatic rings. The highest BCUT2D eigenvalue weighted by atomic mass is 15.0. The monoisotopic (exact) mass is 230 g/mol. The second-order valence-electron chi connectivity index (χ2n) is 4.64. The maximum Gasteiger partial charge on any atom is 0.141 e. The van der Waals surface area contributed by atoms with Crippen molar-refractivity contribution in [3.63, 3.8) is 0 Å². The van der Waals surface area contributed by atoms with Gasteiger partial charge in [-0.05, 0) is 25.5 Å². The highest BCUT2D eigenvalue weighted by molar-refractivity contribution is 5.49. The van der Waals surface area contributed by atoms with Crippen molar-refractivity contribution in [3.05, 3.63) is 35.8 Å². The highest BCUT2D eigenvalue weighted by Gasteiger charge is 2.18. The Bertz CT molecular complexity index is 511. The Morgan fingerprint density at radius 3 is 3.18 bits per heavy atom. The van der Waals surface area contributed by atoms with Gasteiger partial charge in [0.15, 0.2) is 0 Å². The van der Waals surface area contributed by atoms with Crippen LogP contribution < -0.4 is 11.1 Å². The summed E-state index contributed by atoms with van der Waals surface area (Å²) in [6.07, 6.45) is 7.90. The number of rotatable bonds is 2. The highest BCUT2D eigenvalue weighted by Crippen LogP contribution is 2.23. The maximum atomic E-state index is 5.73. The van der Waals surface area contributed by atoms with Crippen LogP contribution in [0.15, 0.2) is 24.5 Å². The Labute approximate surface area is 101 Å². The van der Waals surface area contributed by atoms with E-state index in [9.17, 15) is 0 Å². The zero-order valence-corrected chi connectivity index (χ0v) is 9.89. The summed E-state index contributed by atoms with van der Waals surface area (Å²) in [6, 6.07) is 4.48. The van der Waals surface area contributed by atoms with Crippen molar-refractivity contribution in [3.8, 4) is 0 Å². The number of aromatic nitrogens is 2. The van der Waals surface area contributed by atoms with E-state index in [4.69, 9.17) is 10.7 Å². The molecule has 1 saturated heterocycles. The Hall–Kier alpha value is -1.39. The van der Waals surface area contributed by atoms with Crippen molar-refractivity contribution in [1.82, 2.24) is 14.7 Å². The van der Waals surface area contributed by atoms with E-state index in [1.807, 2.05) is 18.3 Å². The number of imidazole rings is 1. The van der Waals surface area contributed by atoms with Gasteiger partial charge in [0, 0.05) is 24.5 Å². The van der Waals surface area contributed by atoms with Crippen LogP contribution in [0, 0.1) is 0 Å². The second kappa shape index (κ2) is 4.47. The Balaban J connectivity index is 2.00. The third-order valence-corrected chi connectivity index (χ3v) is 3.47. The van der Waals surface area contributed by atoms with Crippen LogP contribution in [0.2, 0.25) is 0 Å². The maximum absolute atomic E-state index is 5.73. The first-order valence-corrected chi connectivity index (χ1v) is 6.28. The topological polar surface area (TPSA) is 55.4 Å². The number of fused-ring (bicyclic) bond motifs is 1. The predicted molar refractivity (Wildman–Crippen MR) is 67.7 cm³/mol. The molecule has 0 radical (unpaired) electrons. The van der Waals surface area contributed by atoms with Gasteiger partial charge >= 0.3 is 0 Å². The number of nitrogens with zero attached hydrogens (tertiary/aromatic N) is 2. The van der Waals surface area contributed by atoms with Gasteiger partial charge in [0.2, 0.25) is 0 Å². The normalized spacial score (nSPS) is 20.9. The number of nitrogens with two attached hydrogens (primary N) is 1. The molecule has 1 aliphatic rings. The van der Waals surface area contributed by atoms with E-state index in [0.717, 1.165) is 23.4 Å². The summed E-state index contributed by atoms with van der Waals surface area (Å²) in [5.41, 5.74) is 8.98. The molecule has 0 spiro atoms. The number of pyridine rings is 1. The van der Waals surface area contributed by atoms with Gasteiger partial charge in [-0.25, -0.2) is 4.98 Å². The van der Waals surface area contributed by atoms with Gasteiger partial charge in [-0.1, -0.05) is 12.5 Å². The molecule has 1 unspecified atom stereocenters. The first-order valence-electron chi connectivity index (χ1n) is 6.28. The van der Waals surface area contributed by atoms with Gasteiger partial charge in [0.25, 0.3) is 0 Å². The lowest BCUT2D eigenvalue weighted by Crippen LogP contribution is -2.26. The summed E-state index contributed by atoms with van der Waals surface area (Å²) in [5.74, 6) is 0. The van der Waals surface area contributed by atoms with Gasteiger partial charge in [0.05, 0.1) is 11.7 Å². The second-order valence-corrected chi connectivity index (χ2v) is 4.64. The molecule has 0 saturated carbocycles. The Morgan fingerprint density at radius 2 is 2.41 bits per heavy atom. The largest absolute Gasteiger partial charge is 0.326 e. The first-order chi connectivity index (χ1) is 8.38. The Kier molecular flexibility index (Phi) is 2.82. The average Bonchev–Trinajstić information content (AvgIpc) is 2.83. The number of nitrogens with one attached hydrogen (secondary N) is 1. The smallest absolute Gasteiger partial charge is 0.141 e. The lowest BCUT2D eigenvalue weighted by atomic mass is 10.0. The SMILES string of the molecule is NCc1cccn2cc(C3CCCCN3)nc12. The molecule has 0 bridgehead atoms. The van der Waals surface area contributed by atoms with Crippen molar-refractivity contribution in [2.24, 2.45) is 5.73 Å². The Morgan fingerprint density at radius 1 is 1.47 bits per heavy atom. The molecule has 0 amide bonds. The quantitative estimate of drug-likeness (QED) is 0.824. The molecule has 0 aromatic carbocycles. The zero-order chi connectivity index (χ0) is 11.7. The fourth-order valence-electron chi connectivity index (χ4n) is 2.52. The van der Waals surface area contributed by atoms with E-state index in [1.165, 1.54) is 19.3 Å². The van der Waals surface area contributed by atoms with E-state index >= 15 is 0 Å². The molecule has 17 heavy (non-hydrogen) atoms. The van der Waals surface area contributed by atoms with Gasteiger partial charge in [0.1, 0.15) is 5.65 Å². The minimum Gasteiger partial charge on any atom is -0.326 e. The van der Waals surface area contributed by atoms with Crippen LogP contribution >= 0.6 is 0 Å². The molecule has 0 aliphatic carbocycles. The summed E-state index contributed by atoms with van der Waals surface area (Å²) in [4.78, 5) is 4.73. The van der Waals surface area contributed by atoms with Crippen molar-refractivity contribution in [2.75, 3.05) is 6.54 Å². The van der Waals surface area contributed by atoms with Gasteiger partial charge < -0.3 is 15.5 Å². The lowest BCUT2D eigenvalue weighted by Gasteiger charge is -2.21. The summed E-state index contributed by atoms with van der Waals surface area (Å²) < 4.78 is 2.08. The van der Waals surface area contributed by atoms with Crippen LogP contribution in [0.3, 0.4) is 0 Å². The number of hydrogen-bond donors (Lipinski definition) is 2. The van der Waals surface area contributed by atoms with Crippen LogP contribution in [-0.4, -0.2) is 15.9 Å². The zero-order valence-electron chi connectivity index (χ0n) is 9.89. The number of piperidine rings is 1. The summed E-state index contributed by atoms with van der Waals surface area (Å²) in [6.45, 7) is 1.64. The third kappa shape index (κ3) is 1.94. The van der Waals surface area contributed by atoms with Gasteiger partial charge in [-0.15, -0.1) is 0 Å². The van der Waals surface area contributed by atoms with Crippen molar-refractivity contribution < 1.29 is 0 Å². The van der Waals surface area contributed by atoms with Crippen LogP contribution in [0.5, 0.6) is 0 Å². The van der Waals surface area contributed by atoms with Crippen LogP contribution in [-0.2, 0) is 6.54 Å². The number of hydrogen-bond acceptors (Lipinski definition) is 3. The van der Waals surface area contributed by atoms with Crippen LogP contribution in [0.4, 0.5) is 0 Å². The van der Waals surface area contributed by atoms with Crippen LogP contribution in [0.1, 0.15) is 36.6 Å². The molecule has 4 nitrogen and oxygen atoms in total. The molecule has 1 fully saturated rings. The molecule has 1 aliphatic heterocycles. The van der Waals surface area contributed by atoms with Gasteiger partial charge in [-0.3, -0.25) is 0 Å². The minimum atomic E-state index is 0.411. The van der Waals surface area contributed by atoms with Crippen molar-refractivity contribution >= 4 is 5.65 Å². The molecular weight excluding hydrogens is 212 g/mol. The summed E-state index contributed by atoms with van der Waals surface area (Å²) in [5, 5.41) is 3.53. The standard InChI is InChI=1S/C13H18N4/c14-8-10-4-3-7-17-9-12(16-13(10)17)11-5-1-2-6-15-11/h3-4,7,9,11,15H,1-2,5-6,8,14H2. The van der Waals surface area contributed by atoms with E-state index in [2.05, 4.69) is 15.9 Å². The molecule has 3 rings (SSSR count). The van der Waals surface area contributed by atoms with Crippen molar-refractivity contribution in [2.45, 2.75) is 31.8 Å². The summed E-state index contributed by atoms with van der Waals surface area (Å²) >= 11 is 0. The summed E-state index contributed by atoms with van der Waals surface area (Å²) in [7, 11) is 0. The fraction of sp³-hybridized carbons (Fsp3) is 0.462.